The molecular weight excluding hydrogens is 362 g/mol. The maximum Gasteiger partial charge on any atom is 0.338 e. The fraction of sp³-hybridized carbons (Fsp3) is 0.500. The van der Waals surface area contributed by atoms with E-state index in [-0.39, 0.29) is 24.6 Å². The third-order valence-corrected chi connectivity index (χ3v) is 4.03. The minimum absolute atomic E-state index is 0.0214. The second kappa shape index (κ2) is 9.34. The number of nitrogens with zero attached hydrogens (tertiary/aromatic N) is 3. The molecule has 0 saturated heterocycles. The molecule has 2 rings (SSSR count). The molecule has 0 aliphatic rings. The highest BCUT2D eigenvalue weighted by Gasteiger charge is 2.27. The molecule has 0 fully saturated rings. The average molecular weight is 389 g/mol. The summed E-state index contributed by atoms with van der Waals surface area (Å²) in [7, 11) is 0. The molecule has 152 valence electrons. The van der Waals surface area contributed by atoms with E-state index in [0.29, 0.717) is 23.0 Å². The van der Waals surface area contributed by atoms with Crippen LogP contribution in [-0.2, 0) is 16.1 Å². The molecule has 0 aliphatic heterocycles. The van der Waals surface area contributed by atoms with Gasteiger partial charge in [-0.05, 0) is 58.9 Å². The van der Waals surface area contributed by atoms with E-state index in [9.17, 15) is 9.59 Å². The molecule has 1 aromatic heterocycles. The maximum atomic E-state index is 12.6. The van der Waals surface area contributed by atoms with Crippen LogP contribution in [0, 0.1) is 6.92 Å². The first-order chi connectivity index (χ1) is 13.2. The number of carbonyl (C=O) groups excluding carboxylic acids is 2. The van der Waals surface area contributed by atoms with E-state index in [1.807, 2.05) is 27.7 Å². The SMILES string of the molecule is Cc1nc(COc2ccc(C(=O)OC(C)C(=O)N(C(C)C)C(C)C)cc2)no1. The topological polar surface area (TPSA) is 94.8 Å². The zero-order chi connectivity index (χ0) is 20.8. The Bertz CT molecular complexity index is 790. The van der Waals surface area contributed by atoms with Crippen molar-refractivity contribution in [3.05, 3.63) is 41.5 Å². The van der Waals surface area contributed by atoms with Gasteiger partial charge in [0.1, 0.15) is 5.75 Å². The number of aryl methyl sites for hydroxylation is 1. The molecule has 0 radical (unpaired) electrons. The molecule has 2 aromatic rings. The van der Waals surface area contributed by atoms with E-state index in [4.69, 9.17) is 14.0 Å². The molecule has 1 aromatic carbocycles. The summed E-state index contributed by atoms with van der Waals surface area (Å²) >= 11 is 0. The molecule has 8 heteroatoms. The molecule has 1 unspecified atom stereocenters. The number of amides is 1. The van der Waals surface area contributed by atoms with Gasteiger partial charge < -0.3 is 18.9 Å². The van der Waals surface area contributed by atoms with Crippen molar-refractivity contribution in [3.63, 3.8) is 0 Å². The largest absolute Gasteiger partial charge is 0.485 e. The van der Waals surface area contributed by atoms with Crippen LogP contribution >= 0.6 is 0 Å². The Hall–Kier alpha value is -2.90. The molecule has 8 nitrogen and oxygen atoms in total. The predicted octanol–water partition coefficient (Wildman–Crippen LogP) is 3.15. The highest BCUT2D eigenvalue weighted by atomic mass is 16.5. The summed E-state index contributed by atoms with van der Waals surface area (Å²) in [6.07, 6.45) is -0.866. The molecule has 0 N–H and O–H groups in total. The lowest BCUT2D eigenvalue weighted by molar-refractivity contribution is -0.143. The summed E-state index contributed by atoms with van der Waals surface area (Å²) in [5, 5.41) is 3.74. The lowest BCUT2D eigenvalue weighted by atomic mass is 10.2. The summed E-state index contributed by atoms with van der Waals surface area (Å²) in [6.45, 7) is 11.2. The smallest absolute Gasteiger partial charge is 0.338 e. The van der Waals surface area contributed by atoms with Crippen LogP contribution in [0.15, 0.2) is 28.8 Å². The number of carbonyl (C=O) groups is 2. The number of ether oxygens (including phenoxy) is 2. The summed E-state index contributed by atoms with van der Waals surface area (Å²) in [5.74, 6) is 0.679. The number of benzene rings is 1. The highest BCUT2D eigenvalue weighted by Crippen LogP contribution is 2.16. The Labute approximate surface area is 164 Å². The van der Waals surface area contributed by atoms with Crippen LogP contribution in [0.4, 0.5) is 0 Å². The van der Waals surface area contributed by atoms with Crippen molar-refractivity contribution < 1.29 is 23.6 Å². The number of aromatic nitrogens is 2. The lowest BCUT2D eigenvalue weighted by Gasteiger charge is -2.32. The molecule has 1 amide bonds. The Kier molecular flexibility index (Phi) is 7.14. The van der Waals surface area contributed by atoms with Crippen LogP contribution in [0.2, 0.25) is 0 Å². The van der Waals surface area contributed by atoms with Gasteiger partial charge in [0.25, 0.3) is 5.91 Å². The summed E-state index contributed by atoms with van der Waals surface area (Å²) in [6, 6.07) is 6.49. The molecule has 1 atom stereocenters. The zero-order valence-electron chi connectivity index (χ0n) is 17.1. The number of rotatable bonds is 8. The van der Waals surface area contributed by atoms with E-state index in [1.165, 1.54) is 0 Å². The first kappa shape index (κ1) is 21.4. The zero-order valence-corrected chi connectivity index (χ0v) is 17.1. The highest BCUT2D eigenvalue weighted by molar-refractivity contribution is 5.92. The van der Waals surface area contributed by atoms with Crippen molar-refractivity contribution in [2.24, 2.45) is 0 Å². The molecule has 0 spiro atoms. The van der Waals surface area contributed by atoms with Crippen LogP contribution in [0.5, 0.6) is 5.75 Å². The van der Waals surface area contributed by atoms with Crippen molar-refractivity contribution in [1.29, 1.82) is 0 Å². The Balaban J connectivity index is 1.93. The monoisotopic (exact) mass is 389 g/mol. The predicted molar refractivity (Wildman–Crippen MR) is 102 cm³/mol. The van der Waals surface area contributed by atoms with E-state index >= 15 is 0 Å². The van der Waals surface area contributed by atoms with Crippen molar-refractivity contribution in [2.75, 3.05) is 0 Å². The Morgan fingerprint density at radius 1 is 1.07 bits per heavy atom. The molecule has 0 saturated carbocycles. The van der Waals surface area contributed by atoms with E-state index in [1.54, 1.807) is 43.0 Å². The summed E-state index contributed by atoms with van der Waals surface area (Å²) in [5.41, 5.74) is 0.336. The minimum Gasteiger partial charge on any atom is -0.485 e. The van der Waals surface area contributed by atoms with Crippen molar-refractivity contribution >= 4 is 11.9 Å². The standard InChI is InChI=1S/C20H27N3O5/c1-12(2)23(13(3)4)19(24)14(5)27-20(25)16-7-9-17(10-8-16)26-11-18-21-15(6)28-22-18/h7-10,12-14H,11H2,1-6H3. The van der Waals surface area contributed by atoms with Gasteiger partial charge in [0, 0.05) is 19.0 Å². The Morgan fingerprint density at radius 3 is 2.18 bits per heavy atom. The molecule has 28 heavy (non-hydrogen) atoms. The van der Waals surface area contributed by atoms with Gasteiger partial charge in [0.2, 0.25) is 11.7 Å². The van der Waals surface area contributed by atoms with Crippen LogP contribution in [-0.4, -0.2) is 45.1 Å². The normalized spacial score (nSPS) is 12.1. The second-order valence-electron chi connectivity index (χ2n) is 7.02. The third-order valence-electron chi connectivity index (χ3n) is 4.03. The molecule has 0 aliphatic carbocycles. The minimum atomic E-state index is -0.866. The van der Waals surface area contributed by atoms with Crippen LogP contribution in [0.1, 0.15) is 56.7 Å². The molecular formula is C20H27N3O5. The summed E-state index contributed by atoms with van der Waals surface area (Å²) in [4.78, 5) is 30.7. The number of hydrogen-bond donors (Lipinski definition) is 0. The van der Waals surface area contributed by atoms with Crippen LogP contribution in [0.3, 0.4) is 0 Å². The van der Waals surface area contributed by atoms with E-state index in [0.717, 1.165) is 0 Å². The van der Waals surface area contributed by atoms with Crippen molar-refractivity contribution in [1.82, 2.24) is 15.0 Å². The fourth-order valence-electron chi connectivity index (χ4n) is 2.83. The van der Waals surface area contributed by atoms with Gasteiger partial charge in [-0.3, -0.25) is 4.79 Å². The van der Waals surface area contributed by atoms with Gasteiger partial charge in [-0.1, -0.05) is 5.16 Å². The number of hydrogen-bond acceptors (Lipinski definition) is 7. The van der Waals surface area contributed by atoms with Gasteiger partial charge >= 0.3 is 5.97 Å². The van der Waals surface area contributed by atoms with Gasteiger partial charge in [-0.25, -0.2) is 4.79 Å². The number of esters is 1. The molecule has 0 bridgehead atoms. The van der Waals surface area contributed by atoms with Gasteiger partial charge in [-0.2, -0.15) is 4.98 Å². The van der Waals surface area contributed by atoms with Gasteiger partial charge in [-0.15, -0.1) is 0 Å². The van der Waals surface area contributed by atoms with E-state index < -0.39 is 12.1 Å². The summed E-state index contributed by atoms with van der Waals surface area (Å²) < 4.78 is 15.8. The second-order valence-corrected chi connectivity index (χ2v) is 7.02. The first-order valence-corrected chi connectivity index (χ1v) is 9.24. The van der Waals surface area contributed by atoms with Gasteiger partial charge in [0.15, 0.2) is 12.7 Å². The van der Waals surface area contributed by atoms with Gasteiger partial charge in [0.05, 0.1) is 5.56 Å². The fourth-order valence-corrected chi connectivity index (χ4v) is 2.83. The first-order valence-electron chi connectivity index (χ1n) is 9.24. The lowest BCUT2D eigenvalue weighted by Crippen LogP contribution is -2.47. The molecule has 1 heterocycles. The maximum absolute atomic E-state index is 12.6. The van der Waals surface area contributed by atoms with Crippen molar-refractivity contribution in [3.8, 4) is 5.75 Å². The van der Waals surface area contributed by atoms with E-state index in [2.05, 4.69) is 10.1 Å². The van der Waals surface area contributed by atoms with Crippen LogP contribution in [0.25, 0.3) is 0 Å². The Morgan fingerprint density at radius 2 is 1.68 bits per heavy atom. The average Bonchev–Trinajstić information content (AvgIpc) is 3.05. The van der Waals surface area contributed by atoms with Crippen LogP contribution < -0.4 is 4.74 Å². The quantitative estimate of drug-likeness (QED) is 0.640. The van der Waals surface area contributed by atoms with Crippen molar-refractivity contribution in [2.45, 2.75) is 66.3 Å². The third kappa shape index (κ3) is 5.55.